The Hall–Kier alpha value is -2.98. The quantitative estimate of drug-likeness (QED) is 0.291. The normalized spacial score (nSPS) is 21.6. The van der Waals surface area contributed by atoms with E-state index in [-0.39, 0.29) is 24.0 Å². The molecule has 0 aromatic rings. The van der Waals surface area contributed by atoms with Crippen molar-refractivity contribution in [2.75, 3.05) is 13.1 Å². The fraction of sp³-hybridized carbons (Fsp3) is 0.800. The van der Waals surface area contributed by atoms with Gasteiger partial charge in [-0.2, -0.15) is 0 Å². The number of ketones is 2. The monoisotopic (exact) mass is 577 g/mol. The highest BCUT2D eigenvalue weighted by Gasteiger charge is 2.47. The summed E-state index contributed by atoms with van der Waals surface area (Å²) in [4.78, 5) is 78.1. The third kappa shape index (κ3) is 9.00. The van der Waals surface area contributed by atoms with Gasteiger partial charge in [0.05, 0.1) is 6.54 Å². The number of rotatable bonds is 10. The van der Waals surface area contributed by atoms with Gasteiger partial charge in [0.25, 0.3) is 5.91 Å². The summed E-state index contributed by atoms with van der Waals surface area (Å²) in [6, 6.07) is -2.35. The van der Waals surface area contributed by atoms with Crippen LogP contribution in [0.2, 0.25) is 0 Å². The SMILES string of the molecule is CC(C)[C@H]1CCN(C(=O)[C@@H](NC(=O)NC2(CC(=O)C(C)(C)C)CCCCC2)C(C)(C)C)[C@@H]1C(=O)NCC(=O)C(N)=O. The number of likely N-dealkylation sites (tertiary alicyclic amines) is 1. The van der Waals surface area contributed by atoms with Gasteiger partial charge in [0.1, 0.15) is 17.9 Å². The molecule has 0 radical (unpaired) electrons. The molecule has 1 saturated heterocycles. The van der Waals surface area contributed by atoms with Crippen LogP contribution in [-0.4, -0.2) is 70.9 Å². The molecule has 11 heteroatoms. The van der Waals surface area contributed by atoms with Crippen LogP contribution in [0, 0.1) is 22.7 Å². The number of hydrogen-bond acceptors (Lipinski definition) is 6. The first-order chi connectivity index (χ1) is 18.8. The van der Waals surface area contributed by atoms with E-state index in [1.807, 2.05) is 55.4 Å². The van der Waals surface area contributed by atoms with Gasteiger partial charge in [-0.3, -0.25) is 24.0 Å². The molecule has 2 fully saturated rings. The minimum Gasteiger partial charge on any atom is -0.363 e. The van der Waals surface area contributed by atoms with Crippen LogP contribution in [0.1, 0.15) is 100 Å². The van der Waals surface area contributed by atoms with E-state index in [9.17, 15) is 28.8 Å². The second-order valence-electron chi connectivity index (χ2n) is 14.3. The van der Waals surface area contributed by atoms with E-state index >= 15 is 0 Å². The number of amides is 5. The number of nitrogens with zero attached hydrogens (tertiary/aromatic N) is 1. The number of carbonyl (C=O) groups is 6. The molecule has 0 aromatic heterocycles. The second kappa shape index (κ2) is 13.3. The minimum absolute atomic E-state index is 0.0613. The Morgan fingerprint density at radius 3 is 2.02 bits per heavy atom. The third-order valence-electron chi connectivity index (χ3n) is 8.46. The summed E-state index contributed by atoms with van der Waals surface area (Å²) in [6.07, 6.45) is 5.02. The van der Waals surface area contributed by atoms with Crippen molar-refractivity contribution in [3.05, 3.63) is 0 Å². The first kappa shape index (κ1) is 34.2. The maximum atomic E-state index is 14.0. The van der Waals surface area contributed by atoms with Crippen LogP contribution in [-0.2, 0) is 24.0 Å². The molecular formula is C30H51N5O6. The predicted molar refractivity (Wildman–Crippen MR) is 155 cm³/mol. The van der Waals surface area contributed by atoms with Gasteiger partial charge in [0.2, 0.25) is 17.6 Å². The molecule has 3 atom stereocenters. The molecule has 1 aliphatic heterocycles. The molecule has 1 heterocycles. The van der Waals surface area contributed by atoms with Crippen molar-refractivity contribution in [2.45, 2.75) is 118 Å². The average Bonchev–Trinajstić information content (AvgIpc) is 3.30. The Balaban J connectivity index is 2.28. The van der Waals surface area contributed by atoms with Crippen molar-refractivity contribution in [1.82, 2.24) is 20.9 Å². The number of Topliss-reactive ketones (excluding diaryl/α,β-unsaturated/α-hetero) is 2. The van der Waals surface area contributed by atoms with Gasteiger partial charge in [-0.05, 0) is 36.5 Å². The fourth-order valence-corrected chi connectivity index (χ4v) is 5.83. The zero-order chi connectivity index (χ0) is 31.3. The molecule has 1 aliphatic carbocycles. The molecule has 0 unspecified atom stereocenters. The van der Waals surface area contributed by atoms with E-state index in [4.69, 9.17) is 5.73 Å². The third-order valence-corrected chi connectivity index (χ3v) is 8.46. The van der Waals surface area contributed by atoms with Crippen LogP contribution in [0.25, 0.3) is 0 Å². The smallest absolute Gasteiger partial charge is 0.315 e. The predicted octanol–water partition coefficient (Wildman–Crippen LogP) is 2.45. The maximum absolute atomic E-state index is 14.0. The van der Waals surface area contributed by atoms with Crippen LogP contribution in [0.5, 0.6) is 0 Å². The highest BCUT2D eigenvalue weighted by atomic mass is 16.2. The Labute approximate surface area is 244 Å². The first-order valence-corrected chi connectivity index (χ1v) is 14.8. The van der Waals surface area contributed by atoms with Crippen molar-refractivity contribution >= 4 is 35.3 Å². The average molecular weight is 578 g/mol. The molecule has 0 bridgehead atoms. The number of urea groups is 1. The van der Waals surface area contributed by atoms with Gasteiger partial charge in [-0.15, -0.1) is 0 Å². The second-order valence-corrected chi connectivity index (χ2v) is 14.3. The Morgan fingerprint density at radius 1 is 0.951 bits per heavy atom. The number of primary amides is 1. The molecule has 11 nitrogen and oxygen atoms in total. The summed E-state index contributed by atoms with van der Waals surface area (Å²) in [7, 11) is 0. The molecule has 0 aromatic carbocycles. The van der Waals surface area contributed by atoms with Crippen molar-refractivity contribution < 1.29 is 28.8 Å². The molecule has 5 amide bonds. The summed E-state index contributed by atoms with van der Waals surface area (Å²) >= 11 is 0. The fourth-order valence-electron chi connectivity index (χ4n) is 5.83. The van der Waals surface area contributed by atoms with Crippen LogP contribution in [0.4, 0.5) is 4.79 Å². The van der Waals surface area contributed by atoms with Crippen molar-refractivity contribution in [2.24, 2.45) is 28.4 Å². The maximum Gasteiger partial charge on any atom is 0.315 e. The number of nitrogens with two attached hydrogens (primary N) is 1. The van der Waals surface area contributed by atoms with Gasteiger partial charge < -0.3 is 26.6 Å². The van der Waals surface area contributed by atoms with Crippen LogP contribution in [0.3, 0.4) is 0 Å². The minimum atomic E-state index is -1.15. The Morgan fingerprint density at radius 2 is 1.54 bits per heavy atom. The van der Waals surface area contributed by atoms with E-state index in [1.54, 1.807) is 0 Å². The zero-order valence-corrected chi connectivity index (χ0v) is 26.1. The highest BCUT2D eigenvalue weighted by Crippen LogP contribution is 2.35. The summed E-state index contributed by atoms with van der Waals surface area (Å²) in [6.45, 7) is 14.8. The van der Waals surface area contributed by atoms with E-state index in [1.165, 1.54) is 4.90 Å². The number of hydrogen-bond donors (Lipinski definition) is 4. The standard InChI is InChI=1S/C30H51N5O6/c1-18(2)19-12-15-35(22(19)25(39)32-17-20(36)24(31)38)26(40)23(29(6,7)8)33-27(41)34-30(13-10-9-11-14-30)16-21(37)28(3,4)5/h18-19,22-23H,9-17H2,1-8H3,(H2,31,38)(H,32,39)(H2,33,34,41)/t19-,22+,23-/m1/s1. The molecular weight excluding hydrogens is 526 g/mol. The number of carbonyl (C=O) groups excluding carboxylic acids is 6. The van der Waals surface area contributed by atoms with E-state index in [2.05, 4.69) is 16.0 Å². The van der Waals surface area contributed by atoms with E-state index < -0.39 is 64.5 Å². The molecule has 0 spiro atoms. The van der Waals surface area contributed by atoms with Gasteiger partial charge in [-0.25, -0.2) is 4.79 Å². The molecule has 2 rings (SSSR count). The lowest BCUT2D eigenvalue weighted by Gasteiger charge is -2.41. The lowest BCUT2D eigenvalue weighted by atomic mass is 9.74. The summed E-state index contributed by atoms with van der Waals surface area (Å²) in [5, 5.41) is 8.44. The Kier molecular flexibility index (Phi) is 11.1. The van der Waals surface area contributed by atoms with Gasteiger partial charge in [0.15, 0.2) is 0 Å². The highest BCUT2D eigenvalue weighted by molar-refractivity contribution is 6.36. The largest absolute Gasteiger partial charge is 0.363 e. The van der Waals surface area contributed by atoms with Crippen LogP contribution < -0.4 is 21.7 Å². The van der Waals surface area contributed by atoms with Crippen LogP contribution >= 0.6 is 0 Å². The van der Waals surface area contributed by atoms with Gasteiger partial charge >= 0.3 is 6.03 Å². The number of nitrogens with one attached hydrogen (secondary N) is 3. The summed E-state index contributed by atoms with van der Waals surface area (Å²) < 4.78 is 0. The topological polar surface area (TPSA) is 168 Å². The molecule has 1 saturated carbocycles. The zero-order valence-electron chi connectivity index (χ0n) is 26.1. The summed E-state index contributed by atoms with van der Waals surface area (Å²) in [5.74, 6) is -3.06. The lowest BCUT2D eigenvalue weighted by Crippen LogP contribution is -2.62. The van der Waals surface area contributed by atoms with Gasteiger partial charge in [-0.1, -0.05) is 74.7 Å². The van der Waals surface area contributed by atoms with Crippen molar-refractivity contribution in [3.63, 3.8) is 0 Å². The molecule has 2 aliphatic rings. The van der Waals surface area contributed by atoms with Gasteiger partial charge in [0, 0.05) is 23.9 Å². The summed E-state index contributed by atoms with van der Waals surface area (Å²) in [5.41, 5.74) is 3.10. The van der Waals surface area contributed by atoms with Crippen molar-refractivity contribution in [1.29, 1.82) is 0 Å². The Bertz CT molecular complexity index is 1020. The van der Waals surface area contributed by atoms with E-state index in [0.29, 0.717) is 25.8 Å². The lowest BCUT2D eigenvalue weighted by molar-refractivity contribution is -0.143. The van der Waals surface area contributed by atoms with Crippen molar-refractivity contribution in [3.8, 4) is 0 Å². The van der Waals surface area contributed by atoms with E-state index in [0.717, 1.165) is 19.3 Å². The van der Waals surface area contributed by atoms with Crippen LogP contribution in [0.15, 0.2) is 0 Å². The molecule has 5 N–H and O–H groups in total. The first-order valence-electron chi connectivity index (χ1n) is 14.8. The molecule has 41 heavy (non-hydrogen) atoms. The molecule has 232 valence electrons.